The van der Waals surface area contributed by atoms with Crippen LogP contribution in [0.1, 0.15) is 11.1 Å². The van der Waals surface area contributed by atoms with Crippen molar-refractivity contribution in [2.45, 2.75) is 6.42 Å². The summed E-state index contributed by atoms with van der Waals surface area (Å²) in [7, 11) is 1.57. The van der Waals surface area contributed by atoms with Gasteiger partial charge in [-0.3, -0.25) is 19.3 Å². The lowest BCUT2D eigenvalue weighted by molar-refractivity contribution is -0.124. The molecule has 0 atom stereocenters. The smallest absolute Gasteiger partial charge is 0.293 e. The van der Waals surface area contributed by atoms with Gasteiger partial charge in [0.05, 0.1) is 18.4 Å². The van der Waals surface area contributed by atoms with Crippen LogP contribution >= 0.6 is 11.8 Å². The van der Waals surface area contributed by atoms with E-state index < -0.39 is 0 Å². The minimum atomic E-state index is -0.333. The van der Waals surface area contributed by atoms with Crippen molar-refractivity contribution >= 4 is 34.9 Å². The highest BCUT2D eigenvalue weighted by molar-refractivity contribution is 8.18. The summed E-state index contributed by atoms with van der Waals surface area (Å²) in [5.41, 5.74) is 1.69. The predicted octanol–water partition coefficient (Wildman–Crippen LogP) is 3.09. The van der Waals surface area contributed by atoms with Crippen LogP contribution in [0, 0.1) is 0 Å². The average molecular weight is 396 g/mol. The van der Waals surface area contributed by atoms with Crippen LogP contribution < -0.4 is 10.1 Å². The zero-order valence-corrected chi connectivity index (χ0v) is 16.2. The highest BCUT2D eigenvalue weighted by atomic mass is 32.2. The molecule has 0 aliphatic carbocycles. The number of hydrogen-bond acceptors (Lipinski definition) is 5. The van der Waals surface area contributed by atoms with Crippen molar-refractivity contribution in [2.75, 3.05) is 20.2 Å². The summed E-state index contributed by atoms with van der Waals surface area (Å²) >= 11 is 0.914. The van der Waals surface area contributed by atoms with E-state index in [0.29, 0.717) is 10.7 Å². The van der Waals surface area contributed by atoms with Crippen LogP contribution in [0.5, 0.6) is 5.75 Å². The molecule has 0 saturated carbocycles. The van der Waals surface area contributed by atoms with Gasteiger partial charge in [-0.25, -0.2) is 0 Å². The van der Waals surface area contributed by atoms with E-state index in [1.165, 1.54) is 0 Å². The first-order valence-corrected chi connectivity index (χ1v) is 9.58. The van der Waals surface area contributed by atoms with E-state index in [4.69, 9.17) is 4.74 Å². The standard InChI is InChI=1S/C21H20N2O4S/c1-27-17-9-5-8-16(12-17)14-19(24)22-10-11-23-20(25)18(28-21(23)26)13-15-6-3-2-4-7-15/h2-9,12-13H,10-11,14H2,1H3,(H,22,24)/b18-13-. The average Bonchev–Trinajstić information content (AvgIpc) is 2.96. The molecule has 1 aliphatic rings. The highest BCUT2D eigenvalue weighted by Crippen LogP contribution is 2.31. The molecule has 2 aromatic rings. The van der Waals surface area contributed by atoms with Crippen LogP contribution in [-0.4, -0.2) is 42.2 Å². The number of hydrogen-bond donors (Lipinski definition) is 1. The third kappa shape index (κ3) is 5.01. The van der Waals surface area contributed by atoms with Gasteiger partial charge in [0.15, 0.2) is 0 Å². The Morgan fingerprint density at radius 1 is 1.14 bits per heavy atom. The van der Waals surface area contributed by atoms with E-state index in [1.54, 1.807) is 19.3 Å². The molecule has 144 valence electrons. The SMILES string of the molecule is COc1cccc(CC(=O)NCCN2C(=O)S/C(=C\c3ccccc3)C2=O)c1. The molecule has 0 bridgehead atoms. The predicted molar refractivity (Wildman–Crippen MR) is 109 cm³/mol. The lowest BCUT2D eigenvalue weighted by atomic mass is 10.1. The number of methoxy groups -OCH3 is 1. The third-order valence-corrected chi connectivity index (χ3v) is 5.03. The zero-order chi connectivity index (χ0) is 19.9. The Kier molecular flexibility index (Phi) is 6.49. The van der Waals surface area contributed by atoms with Gasteiger partial charge in [0.25, 0.3) is 11.1 Å². The maximum Gasteiger partial charge on any atom is 0.293 e. The van der Waals surface area contributed by atoms with E-state index >= 15 is 0 Å². The van der Waals surface area contributed by atoms with Crippen molar-refractivity contribution in [3.63, 3.8) is 0 Å². The Morgan fingerprint density at radius 2 is 1.93 bits per heavy atom. The number of ether oxygens (including phenoxy) is 1. The first-order chi connectivity index (χ1) is 13.6. The van der Waals surface area contributed by atoms with Gasteiger partial charge >= 0.3 is 0 Å². The van der Waals surface area contributed by atoms with E-state index in [2.05, 4.69) is 5.32 Å². The van der Waals surface area contributed by atoms with Crippen molar-refractivity contribution < 1.29 is 19.1 Å². The van der Waals surface area contributed by atoms with Gasteiger partial charge in [-0.1, -0.05) is 42.5 Å². The van der Waals surface area contributed by atoms with Crippen LogP contribution in [-0.2, 0) is 16.0 Å². The Bertz CT molecular complexity index is 912. The summed E-state index contributed by atoms with van der Waals surface area (Å²) in [5, 5.41) is 2.42. The third-order valence-electron chi connectivity index (χ3n) is 4.13. The molecule has 6 nitrogen and oxygen atoms in total. The maximum atomic E-state index is 12.4. The summed E-state index contributed by atoms with van der Waals surface area (Å²) < 4.78 is 5.14. The Balaban J connectivity index is 1.51. The van der Waals surface area contributed by atoms with Gasteiger partial charge < -0.3 is 10.1 Å². The largest absolute Gasteiger partial charge is 0.497 e. The summed E-state index contributed by atoms with van der Waals surface area (Å²) in [6.07, 6.45) is 1.90. The van der Waals surface area contributed by atoms with Gasteiger partial charge in [-0.15, -0.1) is 0 Å². The molecular formula is C21H20N2O4S. The second kappa shape index (κ2) is 9.23. The molecule has 1 N–H and O–H groups in total. The number of nitrogens with zero attached hydrogens (tertiary/aromatic N) is 1. The number of amides is 3. The fourth-order valence-electron chi connectivity index (χ4n) is 2.73. The van der Waals surface area contributed by atoms with Crippen LogP contribution in [0.4, 0.5) is 4.79 Å². The van der Waals surface area contributed by atoms with E-state index in [9.17, 15) is 14.4 Å². The van der Waals surface area contributed by atoms with Crippen molar-refractivity contribution in [3.8, 4) is 5.75 Å². The summed E-state index contributed by atoms with van der Waals surface area (Å²) in [4.78, 5) is 38.2. The molecule has 0 aromatic heterocycles. The van der Waals surface area contributed by atoms with Crippen LogP contribution in [0.2, 0.25) is 0 Å². The molecule has 28 heavy (non-hydrogen) atoms. The number of carbonyl (C=O) groups excluding carboxylic acids is 3. The van der Waals surface area contributed by atoms with Gasteiger partial charge in [0.2, 0.25) is 5.91 Å². The normalized spacial score (nSPS) is 15.2. The van der Waals surface area contributed by atoms with Gasteiger partial charge in [0, 0.05) is 13.1 Å². The highest BCUT2D eigenvalue weighted by Gasteiger charge is 2.34. The van der Waals surface area contributed by atoms with Crippen molar-refractivity contribution in [1.82, 2.24) is 10.2 Å². The van der Waals surface area contributed by atoms with E-state index in [1.807, 2.05) is 48.5 Å². The number of rotatable bonds is 7. The second-order valence-electron chi connectivity index (χ2n) is 6.12. The maximum absolute atomic E-state index is 12.4. The number of nitrogens with one attached hydrogen (secondary N) is 1. The van der Waals surface area contributed by atoms with Crippen LogP contribution in [0.15, 0.2) is 59.5 Å². The molecule has 7 heteroatoms. The molecule has 1 saturated heterocycles. The van der Waals surface area contributed by atoms with Crippen LogP contribution in [0.25, 0.3) is 6.08 Å². The summed E-state index contributed by atoms with van der Waals surface area (Å²) in [6, 6.07) is 16.6. The van der Waals surface area contributed by atoms with Gasteiger partial charge in [0.1, 0.15) is 5.75 Å². The molecule has 0 radical (unpaired) electrons. The molecule has 0 unspecified atom stereocenters. The molecule has 2 aromatic carbocycles. The van der Waals surface area contributed by atoms with E-state index in [-0.39, 0.29) is 36.6 Å². The minimum Gasteiger partial charge on any atom is -0.497 e. The minimum absolute atomic E-state index is 0.140. The Hall–Kier alpha value is -3.06. The quantitative estimate of drug-likeness (QED) is 0.728. The topological polar surface area (TPSA) is 75.7 Å². The first kappa shape index (κ1) is 19.7. The number of carbonyl (C=O) groups is 3. The molecule has 1 fully saturated rings. The Morgan fingerprint density at radius 3 is 2.68 bits per heavy atom. The molecule has 3 amide bonds. The fraction of sp³-hybridized carbons (Fsp3) is 0.190. The van der Waals surface area contributed by atoms with E-state index in [0.717, 1.165) is 27.8 Å². The number of imide groups is 1. The monoisotopic (exact) mass is 396 g/mol. The number of thioether (sulfide) groups is 1. The molecule has 1 heterocycles. The van der Waals surface area contributed by atoms with Gasteiger partial charge in [-0.05, 0) is 41.1 Å². The van der Waals surface area contributed by atoms with Crippen LogP contribution in [0.3, 0.4) is 0 Å². The number of benzene rings is 2. The van der Waals surface area contributed by atoms with Crippen molar-refractivity contribution in [3.05, 3.63) is 70.6 Å². The van der Waals surface area contributed by atoms with Gasteiger partial charge in [-0.2, -0.15) is 0 Å². The molecular weight excluding hydrogens is 376 g/mol. The molecule has 1 aliphatic heterocycles. The molecule has 0 spiro atoms. The lowest BCUT2D eigenvalue weighted by Crippen LogP contribution is -2.37. The second-order valence-corrected chi connectivity index (χ2v) is 7.12. The molecule has 3 rings (SSSR count). The summed E-state index contributed by atoms with van der Waals surface area (Å²) in [6.45, 7) is 0.347. The first-order valence-electron chi connectivity index (χ1n) is 8.77. The summed E-state index contributed by atoms with van der Waals surface area (Å²) in [5.74, 6) is 0.175. The van der Waals surface area contributed by atoms with Crippen molar-refractivity contribution in [2.24, 2.45) is 0 Å². The Labute approximate surface area is 167 Å². The fourth-order valence-corrected chi connectivity index (χ4v) is 3.60. The lowest BCUT2D eigenvalue weighted by Gasteiger charge is -2.13. The zero-order valence-electron chi connectivity index (χ0n) is 15.4. The van der Waals surface area contributed by atoms with Crippen molar-refractivity contribution in [1.29, 1.82) is 0 Å².